The molecule has 4 rings (SSSR count). The predicted octanol–water partition coefficient (Wildman–Crippen LogP) is 1.96. The predicted molar refractivity (Wildman–Crippen MR) is 99.8 cm³/mol. The molecule has 0 aliphatic carbocycles. The lowest BCUT2D eigenvalue weighted by Gasteiger charge is -2.15. The first-order valence-corrected chi connectivity index (χ1v) is 8.96. The molecule has 2 aliphatic heterocycles. The second-order valence-electron chi connectivity index (χ2n) is 6.46. The summed E-state index contributed by atoms with van der Waals surface area (Å²) in [5, 5.41) is 6.73. The molecule has 0 fully saturated rings. The van der Waals surface area contributed by atoms with Gasteiger partial charge in [0.25, 0.3) is 5.91 Å². The Labute approximate surface area is 157 Å². The van der Waals surface area contributed by atoms with Crippen LogP contribution in [0.3, 0.4) is 0 Å². The number of anilines is 1. The third-order valence-corrected chi connectivity index (χ3v) is 4.65. The molecule has 1 atom stereocenters. The second-order valence-corrected chi connectivity index (χ2v) is 6.46. The second kappa shape index (κ2) is 8.22. The van der Waals surface area contributed by atoms with Crippen LogP contribution in [0, 0.1) is 0 Å². The van der Waals surface area contributed by atoms with Crippen LogP contribution in [-0.4, -0.2) is 42.3 Å². The Hall–Kier alpha value is -2.87. The summed E-state index contributed by atoms with van der Waals surface area (Å²) in [6.07, 6.45) is 2.12. The Morgan fingerprint density at radius 3 is 2.85 bits per heavy atom. The van der Waals surface area contributed by atoms with Crippen molar-refractivity contribution < 1.29 is 19.1 Å². The third kappa shape index (κ3) is 4.11. The highest BCUT2D eigenvalue weighted by molar-refractivity contribution is 5.95. The first kappa shape index (κ1) is 18.9. The number of carbonyl (C=O) groups is 2. The molecule has 1 aromatic heterocycles. The van der Waals surface area contributed by atoms with Crippen molar-refractivity contribution in [2.45, 2.75) is 32.3 Å². The molecule has 0 saturated carbocycles. The molecule has 8 nitrogen and oxygen atoms in total. The fraction of sp³-hybridized carbons (Fsp3) is 0.421. The molecular weight excluding hydrogens is 348 g/mol. The van der Waals surface area contributed by atoms with Crippen molar-refractivity contribution in [1.29, 1.82) is 0 Å². The molecule has 0 saturated heterocycles. The number of H-pyrrole nitrogens is 1. The zero-order valence-electron chi connectivity index (χ0n) is 15.5. The monoisotopic (exact) mass is 372 g/mol. The molecule has 27 heavy (non-hydrogen) atoms. The van der Waals surface area contributed by atoms with Gasteiger partial charge in [-0.2, -0.15) is 5.10 Å². The van der Waals surface area contributed by atoms with Gasteiger partial charge in [0.2, 0.25) is 5.91 Å². The van der Waals surface area contributed by atoms with E-state index in [1.165, 1.54) is 0 Å². The number of nitrogens with zero attached hydrogens (tertiary/aromatic N) is 2. The molecule has 8 heteroatoms. The number of primary amides is 1. The van der Waals surface area contributed by atoms with Gasteiger partial charge < -0.3 is 20.1 Å². The smallest absolute Gasteiger partial charge is 0.269 e. The molecule has 2 amide bonds. The topological polar surface area (TPSA) is 111 Å². The molecular formula is C19H24N4O4. The largest absolute Gasteiger partial charge is 0.491 e. The maximum atomic E-state index is 11.4. The first-order chi connectivity index (χ1) is 13.0. The normalized spacial score (nSPS) is 18.8. The fourth-order valence-corrected chi connectivity index (χ4v) is 3.17. The van der Waals surface area contributed by atoms with E-state index in [4.69, 9.17) is 15.2 Å². The number of aromatic nitrogens is 2. The Morgan fingerprint density at radius 2 is 2.07 bits per heavy atom. The van der Waals surface area contributed by atoms with Crippen LogP contribution >= 0.6 is 0 Å². The number of hydrogen-bond donors (Lipinski definition) is 2. The van der Waals surface area contributed by atoms with Crippen LogP contribution in [0.5, 0.6) is 5.75 Å². The number of carbonyl (C=O) groups excluding carboxylic acids is 2. The van der Waals surface area contributed by atoms with Crippen LogP contribution < -0.4 is 15.4 Å². The van der Waals surface area contributed by atoms with Gasteiger partial charge in [-0.25, -0.2) is 0 Å². The van der Waals surface area contributed by atoms with Gasteiger partial charge in [0.15, 0.2) is 5.69 Å². The van der Waals surface area contributed by atoms with Crippen LogP contribution in [-0.2, 0) is 16.0 Å². The third-order valence-electron chi connectivity index (χ3n) is 4.65. The van der Waals surface area contributed by atoms with E-state index in [1.807, 2.05) is 31.2 Å². The van der Waals surface area contributed by atoms with Gasteiger partial charge in [-0.05, 0) is 31.9 Å². The van der Waals surface area contributed by atoms with Crippen molar-refractivity contribution in [2.75, 3.05) is 25.2 Å². The summed E-state index contributed by atoms with van der Waals surface area (Å²) in [6.45, 7) is 3.12. The highest BCUT2D eigenvalue weighted by Crippen LogP contribution is 2.29. The van der Waals surface area contributed by atoms with Gasteiger partial charge in [-0.15, -0.1) is 0 Å². The number of benzene rings is 1. The van der Waals surface area contributed by atoms with E-state index in [0.717, 1.165) is 35.5 Å². The van der Waals surface area contributed by atoms with E-state index in [-0.39, 0.29) is 12.0 Å². The summed E-state index contributed by atoms with van der Waals surface area (Å²) in [6, 6.07) is 7.57. The van der Waals surface area contributed by atoms with E-state index in [0.29, 0.717) is 25.3 Å². The van der Waals surface area contributed by atoms with Crippen LogP contribution in [0.4, 0.5) is 5.69 Å². The molecule has 2 aliphatic rings. The average molecular weight is 372 g/mol. The zero-order chi connectivity index (χ0) is 19.4. The average Bonchev–Trinajstić information content (AvgIpc) is 2.94. The minimum atomic E-state index is -0.475. The molecule has 2 aromatic rings. The summed E-state index contributed by atoms with van der Waals surface area (Å²) < 4.78 is 10.9. The van der Waals surface area contributed by atoms with Crippen molar-refractivity contribution in [3.8, 4) is 5.75 Å². The maximum absolute atomic E-state index is 11.4. The summed E-state index contributed by atoms with van der Waals surface area (Å²) in [7, 11) is 1.77. The fourth-order valence-electron chi connectivity index (χ4n) is 3.17. The Morgan fingerprint density at radius 1 is 1.30 bits per heavy atom. The minimum Gasteiger partial charge on any atom is -0.491 e. The highest BCUT2D eigenvalue weighted by atomic mass is 16.5. The number of ether oxygens (including phenoxy) is 2. The summed E-state index contributed by atoms with van der Waals surface area (Å²) in [5.74, 6) is 0.414. The number of rotatable bonds is 1. The lowest BCUT2D eigenvalue weighted by molar-refractivity contribution is -0.118. The van der Waals surface area contributed by atoms with Crippen molar-refractivity contribution in [2.24, 2.45) is 5.73 Å². The SMILES string of the molecule is CC1OCCCc2c(C(N)=O)n[nH]c21.CN1C(=O)CCOc2ccccc21. The van der Waals surface area contributed by atoms with Crippen LogP contribution in [0.1, 0.15) is 47.6 Å². The van der Waals surface area contributed by atoms with Crippen molar-refractivity contribution in [3.05, 3.63) is 41.2 Å². The molecule has 1 unspecified atom stereocenters. The van der Waals surface area contributed by atoms with Gasteiger partial charge in [-0.1, -0.05) is 12.1 Å². The first-order valence-electron chi connectivity index (χ1n) is 8.96. The number of hydrogen-bond acceptors (Lipinski definition) is 5. The molecule has 3 N–H and O–H groups in total. The van der Waals surface area contributed by atoms with E-state index in [9.17, 15) is 9.59 Å². The van der Waals surface area contributed by atoms with Gasteiger partial charge >= 0.3 is 0 Å². The number of nitrogens with two attached hydrogens (primary N) is 1. The standard InChI is InChI=1S/C10H11NO2.C9H13N3O2/c1-11-8-4-2-3-5-9(8)13-7-6-10(11)12;1-5-7-6(3-2-4-14-5)8(9(10)13)12-11-7/h2-5H,6-7H2,1H3;5H,2-4H2,1H3,(H2,10,13)(H,11,12). The molecule has 1 aromatic carbocycles. The van der Waals surface area contributed by atoms with Crippen LogP contribution in [0.25, 0.3) is 0 Å². The number of nitrogens with one attached hydrogen (secondary N) is 1. The van der Waals surface area contributed by atoms with E-state index in [1.54, 1.807) is 11.9 Å². The lowest BCUT2D eigenvalue weighted by atomic mass is 10.1. The van der Waals surface area contributed by atoms with E-state index < -0.39 is 5.91 Å². The Balaban J connectivity index is 0.000000156. The van der Waals surface area contributed by atoms with Gasteiger partial charge in [-0.3, -0.25) is 14.7 Å². The zero-order valence-corrected chi connectivity index (χ0v) is 15.5. The number of amides is 2. The molecule has 3 heterocycles. The molecule has 0 spiro atoms. The maximum Gasteiger partial charge on any atom is 0.269 e. The summed E-state index contributed by atoms with van der Waals surface area (Å²) in [5.41, 5.74) is 8.23. The van der Waals surface area contributed by atoms with Gasteiger partial charge in [0.1, 0.15) is 5.75 Å². The van der Waals surface area contributed by atoms with E-state index in [2.05, 4.69) is 10.2 Å². The Bertz CT molecular complexity index is 833. The van der Waals surface area contributed by atoms with E-state index >= 15 is 0 Å². The molecule has 0 bridgehead atoms. The van der Waals surface area contributed by atoms with Crippen LogP contribution in [0.15, 0.2) is 24.3 Å². The van der Waals surface area contributed by atoms with Crippen LogP contribution in [0.2, 0.25) is 0 Å². The molecule has 144 valence electrons. The van der Waals surface area contributed by atoms with Crippen molar-refractivity contribution in [1.82, 2.24) is 10.2 Å². The number of para-hydroxylation sites is 2. The minimum absolute atomic E-state index is 0.0342. The molecule has 0 radical (unpaired) electrons. The number of aromatic amines is 1. The van der Waals surface area contributed by atoms with Crippen molar-refractivity contribution >= 4 is 17.5 Å². The van der Waals surface area contributed by atoms with Gasteiger partial charge in [0.05, 0.1) is 30.5 Å². The van der Waals surface area contributed by atoms with Gasteiger partial charge in [0, 0.05) is 19.2 Å². The highest BCUT2D eigenvalue weighted by Gasteiger charge is 2.23. The quantitative estimate of drug-likeness (QED) is 0.795. The Kier molecular flexibility index (Phi) is 5.75. The summed E-state index contributed by atoms with van der Waals surface area (Å²) >= 11 is 0. The number of fused-ring (bicyclic) bond motifs is 2. The summed E-state index contributed by atoms with van der Waals surface area (Å²) in [4.78, 5) is 24.1. The van der Waals surface area contributed by atoms with Crippen molar-refractivity contribution in [3.63, 3.8) is 0 Å². The lowest BCUT2D eigenvalue weighted by Crippen LogP contribution is -2.24.